The molecule has 10 heteroatoms. The molecule has 0 saturated carbocycles. The zero-order chi connectivity index (χ0) is 18.8. The summed E-state index contributed by atoms with van der Waals surface area (Å²) in [7, 11) is 0. The van der Waals surface area contributed by atoms with Crippen molar-refractivity contribution in [3.05, 3.63) is 51.3 Å². The fourth-order valence-corrected chi connectivity index (χ4v) is 3.02. The predicted molar refractivity (Wildman–Crippen MR) is 88.4 cm³/mol. The molecule has 0 atom stereocenters. The van der Waals surface area contributed by atoms with E-state index in [1.54, 1.807) is 0 Å². The summed E-state index contributed by atoms with van der Waals surface area (Å²) in [6, 6.07) is 4.24. The highest BCUT2D eigenvalue weighted by molar-refractivity contribution is 5.98. The van der Waals surface area contributed by atoms with Gasteiger partial charge in [-0.25, -0.2) is 28.4 Å². The fraction of sp³-hybridized carbons (Fsp3) is 0.312. The number of urea groups is 1. The molecule has 0 fully saturated rings. The lowest BCUT2D eigenvalue weighted by Crippen LogP contribution is -2.34. The number of hydrogen-bond donors (Lipinski definition) is 1. The quantitative estimate of drug-likeness (QED) is 0.660. The Bertz CT molecular complexity index is 875. The Labute approximate surface area is 146 Å². The Morgan fingerprint density at radius 3 is 2.58 bits per heavy atom. The van der Waals surface area contributed by atoms with Crippen molar-refractivity contribution in [1.29, 1.82) is 0 Å². The smallest absolute Gasteiger partial charge is 0.326 e. The van der Waals surface area contributed by atoms with Gasteiger partial charge in [-0.3, -0.25) is 10.1 Å². The number of primary amides is 1. The monoisotopic (exact) mass is 363 g/mol. The van der Waals surface area contributed by atoms with Crippen molar-refractivity contribution in [2.24, 2.45) is 5.73 Å². The zero-order valence-electron chi connectivity index (χ0n) is 13.6. The van der Waals surface area contributed by atoms with Crippen molar-refractivity contribution in [2.75, 3.05) is 4.90 Å². The summed E-state index contributed by atoms with van der Waals surface area (Å²) in [5.41, 5.74) is 5.11. The molecule has 2 aromatic rings. The minimum Gasteiger partial charge on any atom is -0.351 e. The van der Waals surface area contributed by atoms with Crippen LogP contribution in [0.4, 0.5) is 30.9 Å². The number of alkyl halides is 2. The van der Waals surface area contributed by atoms with Crippen molar-refractivity contribution in [3.63, 3.8) is 0 Å². The van der Waals surface area contributed by atoms with Gasteiger partial charge < -0.3 is 5.73 Å². The van der Waals surface area contributed by atoms with Crippen LogP contribution in [0.15, 0.2) is 24.3 Å². The van der Waals surface area contributed by atoms with E-state index in [-0.39, 0.29) is 11.6 Å². The summed E-state index contributed by atoms with van der Waals surface area (Å²) in [6.45, 7) is 0. The highest BCUT2D eigenvalue weighted by Crippen LogP contribution is 2.35. The lowest BCUT2D eigenvalue weighted by molar-refractivity contribution is -0.384. The van der Waals surface area contributed by atoms with Gasteiger partial charge in [-0.2, -0.15) is 0 Å². The van der Waals surface area contributed by atoms with Gasteiger partial charge in [0.2, 0.25) is 5.95 Å². The molecule has 1 heterocycles. The van der Waals surface area contributed by atoms with Crippen molar-refractivity contribution in [1.82, 2.24) is 9.97 Å². The molecule has 0 aliphatic heterocycles. The first-order valence-corrected chi connectivity index (χ1v) is 7.91. The number of hydrogen-bond acceptors (Lipinski definition) is 5. The Morgan fingerprint density at radius 1 is 1.23 bits per heavy atom. The van der Waals surface area contributed by atoms with E-state index in [9.17, 15) is 23.7 Å². The van der Waals surface area contributed by atoms with Gasteiger partial charge in [0.1, 0.15) is 11.4 Å². The minimum atomic E-state index is -2.86. The first-order valence-electron chi connectivity index (χ1n) is 7.91. The number of para-hydroxylation sites is 2. The van der Waals surface area contributed by atoms with Crippen LogP contribution in [0.5, 0.6) is 0 Å². The van der Waals surface area contributed by atoms with E-state index in [4.69, 9.17) is 5.73 Å². The summed E-state index contributed by atoms with van der Waals surface area (Å²) in [4.78, 5) is 31.3. The molecule has 0 spiro atoms. The molecule has 0 unspecified atom stereocenters. The van der Waals surface area contributed by atoms with E-state index >= 15 is 0 Å². The number of nitrogens with two attached hydrogens (primary N) is 1. The molecular formula is C16H15F2N5O3. The third kappa shape index (κ3) is 3.17. The molecule has 8 nitrogen and oxygen atoms in total. The number of anilines is 2. The molecule has 1 aromatic heterocycles. The second-order valence-electron chi connectivity index (χ2n) is 5.76. The number of nitro benzene ring substituents is 1. The molecule has 2 amide bonds. The maximum absolute atomic E-state index is 13.5. The van der Waals surface area contributed by atoms with E-state index in [1.807, 2.05) is 0 Å². The highest BCUT2D eigenvalue weighted by atomic mass is 19.3. The van der Waals surface area contributed by atoms with Crippen LogP contribution in [-0.2, 0) is 12.8 Å². The highest BCUT2D eigenvalue weighted by Gasteiger charge is 2.30. The number of rotatable bonds is 4. The summed E-state index contributed by atoms with van der Waals surface area (Å²) >= 11 is 0. The normalized spacial score (nSPS) is 13.3. The third-order valence-corrected chi connectivity index (χ3v) is 4.15. The average molecular weight is 363 g/mol. The molecule has 1 aliphatic rings. The fourth-order valence-electron chi connectivity index (χ4n) is 3.02. The Hall–Kier alpha value is -3.17. The van der Waals surface area contributed by atoms with Gasteiger partial charge in [0.05, 0.1) is 4.92 Å². The molecule has 0 saturated heterocycles. The minimum absolute atomic E-state index is 0.180. The third-order valence-electron chi connectivity index (χ3n) is 4.15. The van der Waals surface area contributed by atoms with Crippen LogP contribution >= 0.6 is 0 Å². The first kappa shape index (κ1) is 17.6. The lowest BCUT2D eigenvalue weighted by atomic mass is 9.95. The number of benzene rings is 1. The zero-order valence-corrected chi connectivity index (χ0v) is 13.6. The number of nitro groups is 1. The van der Waals surface area contributed by atoms with E-state index in [0.717, 1.165) is 12.8 Å². The molecule has 0 radical (unpaired) electrons. The summed E-state index contributed by atoms with van der Waals surface area (Å²) < 4.78 is 27.0. The molecular weight excluding hydrogens is 348 g/mol. The van der Waals surface area contributed by atoms with E-state index < -0.39 is 28.8 Å². The lowest BCUT2D eigenvalue weighted by Gasteiger charge is -2.23. The van der Waals surface area contributed by atoms with Crippen LogP contribution in [0, 0.1) is 10.1 Å². The molecule has 2 N–H and O–H groups in total. The number of amides is 2. The largest absolute Gasteiger partial charge is 0.351 e. The van der Waals surface area contributed by atoms with Crippen molar-refractivity contribution < 1.29 is 18.5 Å². The number of carbonyl (C=O) groups excluding carboxylic acids is 1. The van der Waals surface area contributed by atoms with E-state index in [1.165, 1.54) is 24.3 Å². The van der Waals surface area contributed by atoms with Gasteiger partial charge in [-0.15, -0.1) is 0 Å². The van der Waals surface area contributed by atoms with Crippen LogP contribution in [0.3, 0.4) is 0 Å². The van der Waals surface area contributed by atoms with Crippen LogP contribution in [0.1, 0.15) is 36.2 Å². The number of halogens is 2. The van der Waals surface area contributed by atoms with E-state index in [2.05, 4.69) is 9.97 Å². The molecule has 136 valence electrons. The maximum Gasteiger partial charge on any atom is 0.326 e. The molecule has 3 rings (SSSR count). The van der Waals surface area contributed by atoms with Crippen molar-refractivity contribution in [2.45, 2.75) is 32.1 Å². The summed E-state index contributed by atoms with van der Waals surface area (Å²) in [5.74, 6) is -0.386. The SMILES string of the molecule is NC(=O)N(c1nc2c(c(C(F)F)n1)CCCC2)c1ccccc1[N+](=O)[O-]. The topological polar surface area (TPSA) is 115 Å². The maximum atomic E-state index is 13.5. The van der Waals surface area contributed by atoms with Crippen LogP contribution < -0.4 is 10.6 Å². The average Bonchev–Trinajstić information content (AvgIpc) is 2.61. The molecule has 26 heavy (non-hydrogen) atoms. The van der Waals surface area contributed by atoms with Crippen LogP contribution in [0.2, 0.25) is 0 Å². The number of fused-ring (bicyclic) bond motifs is 1. The second kappa shape index (κ2) is 6.98. The van der Waals surface area contributed by atoms with Crippen LogP contribution in [-0.4, -0.2) is 20.9 Å². The van der Waals surface area contributed by atoms with Crippen molar-refractivity contribution >= 4 is 23.4 Å². The van der Waals surface area contributed by atoms with Gasteiger partial charge in [-0.1, -0.05) is 12.1 Å². The van der Waals surface area contributed by atoms with Crippen molar-refractivity contribution in [3.8, 4) is 0 Å². The standard InChI is InChI=1S/C16H15F2N5O3/c17-14(18)13-9-5-1-2-6-10(9)20-16(21-13)22(15(19)24)11-7-3-4-8-12(11)23(25)26/h3-4,7-8,14H,1-2,5-6H2,(H2,19,24). The van der Waals surface area contributed by atoms with Gasteiger partial charge in [0, 0.05) is 17.3 Å². The number of nitrogens with zero attached hydrogens (tertiary/aromatic N) is 4. The van der Waals surface area contributed by atoms with Gasteiger partial charge in [-0.05, 0) is 31.7 Å². The van der Waals surface area contributed by atoms with Gasteiger partial charge in [0.25, 0.3) is 12.1 Å². The molecule has 1 aliphatic carbocycles. The number of carbonyl (C=O) groups is 1. The van der Waals surface area contributed by atoms with Gasteiger partial charge in [0.15, 0.2) is 0 Å². The van der Waals surface area contributed by atoms with Crippen LogP contribution in [0.25, 0.3) is 0 Å². The summed E-state index contributed by atoms with van der Waals surface area (Å²) in [5, 5.41) is 11.3. The Balaban J connectivity index is 2.20. The summed E-state index contributed by atoms with van der Waals surface area (Å²) in [6.07, 6.45) is -0.442. The number of aryl methyl sites for hydroxylation is 1. The predicted octanol–water partition coefficient (Wildman–Crippen LogP) is 3.42. The molecule has 1 aromatic carbocycles. The Kier molecular flexibility index (Phi) is 4.74. The van der Waals surface area contributed by atoms with E-state index in [0.29, 0.717) is 29.0 Å². The molecule has 0 bridgehead atoms. The number of aromatic nitrogens is 2. The Morgan fingerprint density at radius 2 is 1.92 bits per heavy atom. The second-order valence-corrected chi connectivity index (χ2v) is 5.76. The first-order chi connectivity index (χ1) is 12.4. The van der Waals surface area contributed by atoms with Gasteiger partial charge >= 0.3 is 6.03 Å².